The van der Waals surface area contributed by atoms with Crippen LogP contribution in [0.4, 0.5) is 11.6 Å². The zero-order valence-corrected chi connectivity index (χ0v) is 12.6. The number of aryl methyl sites for hydroxylation is 1. The predicted octanol–water partition coefficient (Wildman–Crippen LogP) is 2.84. The van der Waals surface area contributed by atoms with Crippen LogP contribution in [0.5, 0.6) is 0 Å². The molecule has 1 aliphatic rings. The minimum atomic E-state index is 0.478. The van der Waals surface area contributed by atoms with Crippen molar-refractivity contribution in [2.24, 2.45) is 0 Å². The summed E-state index contributed by atoms with van der Waals surface area (Å²) in [4.78, 5) is 8.93. The molecule has 0 aromatic carbocycles. The monoisotopic (exact) mass is 278 g/mol. The van der Waals surface area contributed by atoms with E-state index in [0.717, 1.165) is 43.6 Å². The summed E-state index contributed by atoms with van der Waals surface area (Å²) in [6.45, 7) is 6.54. The van der Waals surface area contributed by atoms with Crippen LogP contribution in [0.15, 0.2) is 6.07 Å². The average Bonchev–Trinajstić information content (AvgIpc) is 2.97. The van der Waals surface area contributed by atoms with E-state index in [1.807, 2.05) is 6.07 Å². The van der Waals surface area contributed by atoms with Gasteiger partial charge in [-0.15, -0.1) is 0 Å². The molecule has 0 spiro atoms. The molecule has 2 N–H and O–H groups in total. The van der Waals surface area contributed by atoms with E-state index < -0.39 is 0 Å². The van der Waals surface area contributed by atoms with Gasteiger partial charge in [0, 0.05) is 25.6 Å². The molecule has 1 aliphatic carbocycles. The van der Waals surface area contributed by atoms with Crippen LogP contribution in [-0.2, 0) is 11.2 Å². The average molecular weight is 278 g/mol. The first kappa shape index (κ1) is 15.0. The Balaban J connectivity index is 1.79. The van der Waals surface area contributed by atoms with Crippen molar-refractivity contribution in [2.75, 3.05) is 30.3 Å². The van der Waals surface area contributed by atoms with Crippen LogP contribution in [0.2, 0.25) is 0 Å². The second kappa shape index (κ2) is 8.04. The van der Waals surface area contributed by atoms with Crippen molar-refractivity contribution in [1.29, 1.82) is 0 Å². The molecule has 112 valence electrons. The zero-order valence-electron chi connectivity index (χ0n) is 12.6. The van der Waals surface area contributed by atoms with E-state index in [9.17, 15) is 0 Å². The first-order valence-corrected chi connectivity index (χ1v) is 7.79. The Hall–Kier alpha value is -1.36. The molecule has 1 heterocycles. The zero-order chi connectivity index (χ0) is 14.2. The third kappa shape index (κ3) is 4.63. The summed E-state index contributed by atoms with van der Waals surface area (Å²) < 4.78 is 5.84. The van der Waals surface area contributed by atoms with Gasteiger partial charge in [0.25, 0.3) is 0 Å². The number of aromatic nitrogens is 2. The first-order valence-electron chi connectivity index (χ1n) is 7.79. The smallest absolute Gasteiger partial charge is 0.132 e. The molecular weight excluding hydrogens is 252 g/mol. The quantitative estimate of drug-likeness (QED) is 0.716. The molecule has 0 bridgehead atoms. The summed E-state index contributed by atoms with van der Waals surface area (Å²) in [5.41, 5.74) is 0. The summed E-state index contributed by atoms with van der Waals surface area (Å²) in [5.74, 6) is 2.63. The van der Waals surface area contributed by atoms with Gasteiger partial charge >= 0.3 is 0 Å². The molecule has 5 nitrogen and oxygen atoms in total. The van der Waals surface area contributed by atoms with Crippen LogP contribution < -0.4 is 10.6 Å². The van der Waals surface area contributed by atoms with Crippen molar-refractivity contribution in [3.63, 3.8) is 0 Å². The van der Waals surface area contributed by atoms with Crippen LogP contribution in [0, 0.1) is 0 Å². The van der Waals surface area contributed by atoms with Gasteiger partial charge in [0.05, 0.1) is 12.7 Å². The lowest BCUT2D eigenvalue weighted by atomic mass is 10.3. The summed E-state index contributed by atoms with van der Waals surface area (Å²) in [5, 5.41) is 6.56. The van der Waals surface area contributed by atoms with Gasteiger partial charge in [-0.05, 0) is 19.8 Å². The van der Waals surface area contributed by atoms with Gasteiger partial charge in [0.1, 0.15) is 17.5 Å². The molecular formula is C15H26N4O. The summed E-state index contributed by atoms with van der Waals surface area (Å²) in [6, 6.07) is 1.96. The van der Waals surface area contributed by atoms with Crippen LogP contribution in [0.1, 0.15) is 45.4 Å². The van der Waals surface area contributed by atoms with Crippen molar-refractivity contribution in [3.8, 4) is 0 Å². The second-order valence-electron chi connectivity index (χ2n) is 5.14. The minimum Gasteiger partial charge on any atom is -0.376 e. The summed E-state index contributed by atoms with van der Waals surface area (Å²) >= 11 is 0. The molecule has 0 atom stereocenters. The third-order valence-electron chi connectivity index (χ3n) is 3.51. The van der Waals surface area contributed by atoms with Crippen LogP contribution in [0.25, 0.3) is 0 Å². The van der Waals surface area contributed by atoms with Crippen LogP contribution in [0.3, 0.4) is 0 Å². The van der Waals surface area contributed by atoms with E-state index in [0.29, 0.717) is 6.10 Å². The maximum atomic E-state index is 5.84. The summed E-state index contributed by atoms with van der Waals surface area (Å²) in [6.07, 6.45) is 6.39. The van der Waals surface area contributed by atoms with Crippen molar-refractivity contribution in [3.05, 3.63) is 11.9 Å². The van der Waals surface area contributed by atoms with Crippen LogP contribution >= 0.6 is 0 Å². The number of rotatable bonds is 8. The van der Waals surface area contributed by atoms with Gasteiger partial charge in [-0.1, -0.05) is 19.8 Å². The standard InChI is InChI=1S/C15H26N4O/c1-3-13-18-14(16-4-2)11-15(19-13)17-9-10-20-12-7-5-6-8-12/h11-12H,3-10H2,1-2H3,(H2,16,17,18,19). The molecule has 1 fully saturated rings. The van der Waals surface area contributed by atoms with E-state index in [1.165, 1.54) is 25.7 Å². The van der Waals surface area contributed by atoms with E-state index >= 15 is 0 Å². The Morgan fingerprint density at radius 1 is 1.15 bits per heavy atom. The highest BCUT2D eigenvalue weighted by molar-refractivity contribution is 5.47. The van der Waals surface area contributed by atoms with E-state index in [4.69, 9.17) is 4.74 Å². The molecule has 0 unspecified atom stereocenters. The number of hydrogen-bond acceptors (Lipinski definition) is 5. The topological polar surface area (TPSA) is 59.1 Å². The van der Waals surface area contributed by atoms with Crippen molar-refractivity contribution < 1.29 is 4.74 Å². The molecule has 1 aromatic heterocycles. The molecule has 1 aromatic rings. The molecule has 0 saturated heterocycles. The first-order chi connectivity index (χ1) is 9.81. The molecule has 0 amide bonds. The Morgan fingerprint density at radius 2 is 1.85 bits per heavy atom. The largest absolute Gasteiger partial charge is 0.376 e. The summed E-state index contributed by atoms with van der Waals surface area (Å²) in [7, 11) is 0. The number of nitrogens with zero attached hydrogens (tertiary/aromatic N) is 2. The molecule has 0 aliphatic heterocycles. The SMILES string of the molecule is CCNc1cc(NCCOC2CCCC2)nc(CC)n1. The normalized spacial score (nSPS) is 15.5. The number of ether oxygens (including phenoxy) is 1. The highest BCUT2D eigenvalue weighted by Crippen LogP contribution is 2.20. The maximum Gasteiger partial charge on any atom is 0.132 e. The van der Waals surface area contributed by atoms with Gasteiger partial charge in [-0.3, -0.25) is 0 Å². The third-order valence-corrected chi connectivity index (χ3v) is 3.51. The maximum absolute atomic E-state index is 5.84. The van der Waals surface area contributed by atoms with Gasteiger partial charge < -0.3 is 15.4 Å². The Labute approximate surface area is 121 Å². The number of anilines is 2. The van der Waals surface area contributed by atoms with Gasteiger partial charge in [-0.25, -0.2) is 9.97 Å². The van der Waals surface area contributed by atoms with Gasteiger partial charge in [0.2, 0.25) is 0 Å². The molecule has 1 saturated carbocycles. The van der Waals surface area contributed by atoms with E-state index in [1.54, 1.807) is 0 Å². The second-order valence-corrected chi connectivity index (χ2v) is 5.14. The molecule has 5 heteroatoms. The highest BCUT2D eigenvalue weighted by Gasteiger charge is 2.14. The fourth-order valence-electron chi connectivity index (χ4n) is 2.48. The van der Waals surface area contributed by atoms with Gasteiger partial charge in [0.15, 0.2) is 0 Å². The fourth-order valence-corrected chi connectivity index (χ4v) is 2.48. The Morgan fingerprint density at radius 3 is 2.50 bits per heavy atom. The molecule has 20 heavy (non-hydrogen) atoms. The van der Waals surface area contributed by atoms with Crippen molar-refractivity contribution >= 4 is 11.6 Å². The Kier molecular flexibility index (Phi) is 6.05. The Bertz CT molecular complexity index is 405. The predicted molar refractivity (Wildman–Crippen MR) is 82.3 cm³/mol. The minimum absolute atomic E-state index is 0.478. The fraction of sp³-hybridized carbons (Fsp3) is 0.733. The molecule has 2 rings (SSSR count). The van der Waals surface area contributed by atoms with E-state index in [-0.39, 0.29) is 0 Å². The van der Waals surface area contributed by atoms with E-state index in [2.05, 4.69) is 34.4 Å². The lowest BCUT2D eigenvalue weighted by Gasteiger charge is -2.13. The van der Waals surface area contributed by atoms with Crippen molar-refractivity contribution in [1.82, 2.24) is 9.97 Å². The molecule has 0 radical (unpaired) electrons. The highest BCUT2D eigenvalue weighted by atomic mass is 16.5. The van der Waals surface area contributed by atoms with Gasteiger partial charge in [-0.2, -0.15) is 0 Å². The van der Waals surface area contributed by atoms with Crippen LogP contribution in [-0.4, -0.2) is 35.8 Å². The number of nitrogens with one attached hydrogen (secondary N) is 2. The van der Waals surface area contributed by atoms with Crippen molar-refractivity contribution in [2.45, 2.75) is 52.1 Å². The lowest BCUT2D eigenvalue weighted by molar-refractivity contribution is 0.0658. The lowest BCUT2D eigenvalue weighted by Crippen LogP contribution is -2.16. The number of hydrogen-bond donors (Lipinski definition) is 2.